The van der Waals surface area contributed by atoms with Gasteiger partial charge >= 0.3 is 0 Å². The maximum Gasteiger partial charge on any atom is 0.289 e. The van der Waals surface area contributed by atoms with Crippen molar-refractivity contribution in [2.24, 2.45) is 0 Å². The number of oxazole rings is 1. The van der Waals surface area contributed by atoms with E-state index in [0.29, 0.717) is 17.3 Å². The minimum atomic E-state index is -0.363. The summed E-state index contributed by atoms with van der Waals surface area (Å²) >= 11 is 2.50. The van der Waals surface area contributed by atoms with Crippen LogP contribution in [0.4, 0.5) is 10.5 Å². The third-order valence-electron chi connectivity index (χ3n) is 4.14. The molecule has 0 spiro atoms. The average Bonchev–Trinajstić information content (AvgIpc) is 3.40. The molecule has 0 saturated carbocycles. The summed E-state index contributed by atoms with van der Waals surface area (Å²) in [7, 11) is 0. The predicted molar refractivity (Wildman–Crippen MR) is 107 cm³/mol. The summed E-state index contributed by atoms with van der Waals surface area (Å²) in [6.45, 7) is 1.93. The average molecular weight is 413 g/mol. The second-order valence-corrected chi connectivity index (χ2v) is 7.96. The minimum absolute atomic E-state index is 0.185. The largest absolute Gasteiger partial charge is 0.440 e. The highest BCUT2D eigenvalue weighted by Gasteiger charge is 2.29. The van der Waals surface area contributed by atoms with Crippen molar-refractivity contribution in [1.82, 2.24) is 9.88 Å². The van der Waals surface area contributed by atoms with Gasteiger partial charge in [0, 0.05) is 5.69 Å². The Balaban J connectivity index is 1.44. The number of thioether (sulfide) groups is 1. The first-order chi connectivity index (χ1) is 13.5. The number of aryl methyl sites for hydroxylation is 1. The van der Waals surface area contributed by atoms with E-state index in [9.17, 15) is 14.4 Å². The highest BCUT2D eigenvalue weighted by atomic mass is 32.2. The third-order valence-corrected chi connectivity index (χ3v) is 5.85. The van der Waals surface area contributed by atoms with Gasteiger partial charge in [0.2, 0.25) is 11.8 Å². The van der Waals surface area contributed by atoms with Gasteiger partial charge in [-0.15, -0.1) is 11.3 Å². The van der Waals surface area contributed by atoms with Gasteiger partial charge in [-0.2, -0.15) is 0 Å². The molecule has 0 bridgehead atoms. The molecule has 1 saturated heterocycles. The van der Waals surface area contributed by atoms with Crippen LogP contribution in [0.25, 0.3) is 10.8 Å². The highest BCUT2D eigenvalue weighted by molar-refractivity contribution is 8.14. The zero-order chi connectivity index (χ0) is 19.7. The zero-order valence-corrected chi connectivity index (χ0v) is 16.4. The van der Waals surface area contributed by atoms with Gasteiger partial charge in [-0.05, 0) is 36.1 Å². The van der Waals surface area contributed by atoms with Crippen molar-refractivity contribution < 1.29 is 18.8 Å². The molecular formula is C19H15N3O4S2. The molecule has 0 unspecified atom stereocenters. The SMILES string of the molecule is Cc1oc(-c2cccs2)nc1C(=O)Nc1ccc(CN2C(=O)CSC2=O)cc1. The van der Waals surface area contributed by atoms with Gasteiger partial charge in [0.1, 0.15) is 5.76 Å². The topological polar surface area (TPSA) is 92.5 Å². The molecule has 142 valence electrons. The van der Waals surface area contributed by atoms with Gasteiger partial charge in [-0.3, -0.25) is 19.3 Å². The number of benzene rings is 1. The standard InChI is InChI=1S/C19H15N3O4S2/c1-11-16(21-18(26-11)14-3-2-8-27-14)17(24)20-13-6-4-12(5-7-13)9-22-15(23)10-28-19(22)25/h2-8H,9-10H2,1H3,(H,20,24). The molecule has 7 nitrogen and oxygen atoms in total. The number of amides is 3. The second-order valence-electron chi connectivity index (χ2n) is 6.09. The molecule has 0 aliphatic carbocycles. The zero-order valence-electron chi connectivity index (χ0n) is 14.8. The molecule has 3 amide bonds. The van der Waals surface area contributed by atoms with Crippen LogP contribution in [0.3, 0.4) is 0 Å². The molecule has 2 aromatic heterocycles. The van der Waals surface area contributed by atoms with Crippen molar-refractivity contribution in [2.45, 2.75) is 13.5 Å². The lowest BCUT2D eigenvalue weighted by atomic mass is 10.2. The maximum absolute atomic E-state index is 12.5. The lowest BCUT2D eigenvalue weighted by Crippen LogP contribution is -2.27. The van der Waals surface area contributed by atoms with Crippen molar-refractivity contribution in [3.05, 3.63) is 58.8 Å². The van der Waals surface area contributed by atoms with E-state index in [1.54, 1.807) is 31.2 Å². The minimum Gasteiger partial charge on any atom is -0.440 e. The molecule has 28 heavy (non-hydrogen) atoms. The van der Waals surface area contributed by atoms with Crippen LogP contribution in [-0.2, 0) is 11.3 Å². The first-order valence-electron chi connectivity index (χ1n) is 8.40. The van der Waals surface area contributed by atoms with Crippen LogP contribution in [-0.4, -0.2) is 32.7 Å². The Morgan fingerprint density at radius 1 is 1.25 bits per heavy atom. The van der Waals surface area contributed by atoms with Gasteiger partial charge in [-0.25, -0.2) is 4.98 Å². The lowest BCUT2D eigenvalue weighted by Gasteiger charge is -2.13. The number of nitrogens with zero attached hydrogens (tertiary/aromatic N) is 2. The summed E-state index contributed by atoms with van der Waals surface area (Å²) in [6.07, 6.45) is 0. The van der Waals surface area contributed by atoms with Crippen LogP contribution in [0.2, 0.25) is 0 Å². The monoisotopic (exact) mass is 413 g/mol. The molecule has 1 N–H and O–H groups in total. The molecule has 0 radical (unpaired) electrons. The number of anilines is 1. The fraction of sp³-hybridized carbons (Fsp3) is 0.158. The van der Waals surface area contributed by atoms with Crippen LogP contribution >= 0.6 is 23.1 Å². The number of rotatable bonds is 5. The van der Waals surface area contributed by atoms with E-state index in [-0.39, 0.29) is 35.0 Å². The first kappa shape index (κ1) is 18.5. The van der Waals surface area contributed by atoms with Gasteiger partial charge in [0.25, 0.3) is 11.1 Å². The Labute approximate surface area is 168 Å². The van der Waals surface area contributed by atoms with E-state index in [1.807, 2.05) is 17.5 Å². The predicted octanol–water partition coefficient (Wildman–Crippen LogP) is 4.16. The van der Waals surface area contributed by atoms with Crippen LogP contribution in [0, 0.1) is 6.92 Å². The number of carbonyl (C=O) groups is 3. The fourth-order valence-corrected chi connectivity index (χ4v) is 4.09. The van der Waals surface area contributed by atoms with Crippen LogP contribution in [0.15, 0.2) is 46.2 Å². The summed E-state index contributed by atoms with van der Waals surface area (Å²) in [5.41, 5.74) is 1.62. The molecule has 1 aliphatic heterocycles. The molecule has 9 heteroatoms. The van der Waals surface area contributed by atoms with E-state index in [1.165, 1.54) is 16.2 Å². The highest BCUT2D eigenvalue weighted by Crippen LogP contribution is 2.26. The molecule has 3 heterocycles. The smallest absolute Gasteiger partial charge is 0.289 e. The van der Waals surface area contributed by atoms with E-state index >= 15 is 0 Å². The summed E-state index contributed by atoms with van der Waals surface area (Å²) in [5, 5.41) is 4.47. The summed E-state index contributed by atoms with van der Waals surface area (Å²) in [6, 6.07) is 10.8. The number of carbonyl (C=O) groups excluding carboxylic acids is 3. The van der Waals surface area contributed by atoms with Crippen molar-refractivity contribution in [1.29, 1.82) is 0 Å². The Bertz CT molecular complexity index is 1030. The number of thiophene rings is 1. The summed E-state index contributed by atoms with van der Waals surface area (Å²) < 4.78 is 5.60. The van der Waals surface area contributed by atoms with Crippen molar-refractivity contribution in [2.75, 3.05) is 11.1 Å². The van der Waals surface area contributed by atoms with Gasteiger partial charge in [-0.1, -0.05) is 30.0 Å². The summed E-state index contributed by atoms with van der Waals surface area (Å²) in [5.74, 6) is 0.512. The normalized spacial score (nSPS) is 14.0. The quantitative estimate of drug-likeness (QED) is 0.675. The maximum atomic E-state index is 12.5. The number of nitrogens with one attached hydrogen (secondary N) is 1. The lowest BCUT2D eigenvalue weighted by molar-refractivity contribution is -0.125. The Kier molecular flexibility index (Phi) is 5.01. The molecule has 1 aromatic carbocycles. The molecule has 4 rings (SSSR count). The Morgan fingerprint density at radius 2 is 2.04 bits per heavy atom. The number of aromatic nitrogens is 1. The molecule has 1 fully saturated rings. The summed E-state index contributed by atoms with van der Waals surface area (Å²) in [4.78, 5) is 42.3. The number of imide groups is 1. The van der Waals surface area contributed by atoms with Crippen LogP contribution in [0.1, 0.15) is 21.8 Å². The molecular weight excluding hydrogens is 398 g/mol. The number of hydrogen-bond donors (Lipinski definition) is 1. The molecule has 0 atom stereocenters. The molecule has 3 aromatic rings. The van der Waals surface area contributed by atoms with Crippen molar-refractivity contribution in [3.8, 4) is 10.8 Å². The van der Waals surface area contributed by atoms with Crippen LogP contribution < -0.4 is 5.32 Å². The Morgan fingerprint density at radius 3 is 2.68 bits per heavy atom. The van der Waals surface area contributed by atoms with Crippen molar-refractivity contribution in [3.63, 3.8) is 0 Å². The van der Waals surface area contributed by atoms with E-state index in [4.69, 9.17) is 4.42 Å². The third kappa shape index (κ3) is 3.71. The van der Waals surface area contributed by atoms with E-state index in [2.05, 4.69) is 10.3 Å². The fourth-order valence-electron chi connectivity index (χ4n) is 2.71. The second kappa shape index (κ2) is 7.61. The van der Waals surface area contributed by atoms with Crippen molar-refractivity contribution >= 4 is 45.8 Å². The van der Waals surface area contributed by atoms with Gasteiger partial charge in [0.15, 0.2) is 5.69 Å². The van der Waals surface area contributed by atoms with Gasteiger partial charge < -0.3 is 9.73 Å². The van der Waals surface area contributed by atoms with E-state index in [0.717, 1.165) is 22.2 Å². The Hall–Kier alpha value is -2.91. The number of hydrogen-bond acceptors (Lipinski definition) is 7. The van der Waals surface area contributed by atoms with Crippen LogP contribution in [0.5, 0.6) is 0 Å². The van der Waals surface area contributed by atoms with Gasteiger partial charge in [0.05, 0.1) is 17.2 Å². The first-order valence-corrected chi connectivity index (χ1v) is 10.3. The molecule has 1 aliphatic rings. The van der Waals surface area contributed by atoms with E-state index < -0.39 is 0 Å².